The van der Waals surface area contributed by atoms with Gasteiger partial charge < -0.3 is 10.6 Å². The van der Waals surface area contributed by atoms with Crippen LogP contribution in [0.5, 0.6) is 0 Å². The number of amides is 2. The van der Waals surface area contributed by atoms with E-state index >= 15 is 0 Å². The fourth-order valence-electron chi connectivity index (χ4n) is 1.43. The maximum Gasteiger partial charge on any atom is 0.338 e. The number of hydrogen-bond acceptors (Lipinski definition) is 2. The second-order valence-corrected chi connectivity index (χ2v) is 4.78. The third kappa shape index (κ3) is 3.16. The third-order valence-corrected chi connectivity index (χ3v) is 3.37. The molecular weight excluding hydrogens is 295 g/mol. The smallest absolute Gasteiger partial charge is 0.338 e. The Hall–Kier alpha value is -1.24. The Kier molecular flexibility index (Phi) is 4.11. The summed E-state index contributed by atoms with van der Waals surface area (Å²) in [6, 6.07) is 4.46. The third-order valence-electron chi connectivity index (χ3n) is 2.27. The van der Waals surface area contributed by atoms with Crippen molar-refractivity contribution in [2.75, 3.05) is 18.4 Å². The number of anilines is 1. The van der Waals surface area contributed by atoms with Crippen molar-refractivity contribution in [3.05, 3.63) is 28.2 Å². The lowest BCUT2D eigenvalue weighted by molar-refractivity contribution is 0.233. The van der Waals surface area contributed by atoms with Gasteiger partial charge in [-0.2, -0.15) is 0 Å². The maximum absolute atomic E-state index is 11.7. The van der Waals surface area contributed by atoms with Crippen LogP contribution in [0.1, 0.15) is 0 Å². The molecule has 0 spiro atoms. The van der Waals surface area contributed by atoms with E-state index in [1.807, 2.05) is 0 Å². The molecule has 0 saturated carbocycles. The molecular formula is C10H10Cl2N4OS. The largest absolute Gasteiger partial charge is 0.359 e. The van der Waals surface area contributed by atoms with Crippen molar-refractivity contribution in [1.29, 1.82) is 0 Å². The van der Waals surface area contributed by atoms with E-state index in [-0.39, 0.29) is 6.03 Å². The molecule has 1 aliphatic heterocycles. The maximum atomic E-state index is 11.7. The molecule has 0 aliphatic carbocycles. The van der Waals surface area contributed by atoms with Gasteiger partial charge in [-0.05, 0) is 30.4 Å². The number of nitrogens with zero attached hydrogens (tertiary/aromatic N) is 1. The molecule has 0 bridgehead atoms. The first-order chi connectivity index (χ1) is 8.56. The van der Waals surface area contributed by atoms with Crippen LogP contribution in [0.15, 0.2) is 18.2 Å². The molecule has 0 aromatic heterocycles. The second kappa shape index (κ2) is 5.60. The van der Waals surface area contributed by atoms with Crippen LogP contribution in [-0.2, 0) is 0 Å². The highest BCUT2D eigenvalue weighted by atomic mass is 35.5. The van der Waals surface area contributed by atoms with Gasteiger partial charge in [-0.1, -0.05) is 23.2 Å². The van der Waals surface area contributed by atoms with Crippen LogP contribution >= 0.6 is 35.4 Å². The lowest BCUT2D eigenvalue weighted by atomic mass is 10.3. The highest BCUT2D eigenvalue weighted by Crippen LogP contribution is 2.24. The lowest BCUT2D eigenvalue weighted by Crippen LogP contribution is -2.45. The molecule has 0 atom stereocenters. The number of rotatable bonds is 2. The summed E-state index contributed by atoms with van der Waals surface area (Å²) >= 11 is 16.6. The van der Waals surface area contributed by atoms with Crippen LogP contribution in [0.4, 0.5) is 10.5 Å². The van der Waals surface area contributed by atoms with Gasteiger partial charge in [0.25, 0.3) is 0 Å². The summed E-state index contributed by atoms with van der Waals surface area (Å²) in [5.41, 5.74) is 3.17. The van der Waals surface area contributed by atoms with E-state index < -0.39 is 0 Å². The van der Waals surface area contributed by atoms with Gasteiger partial charge in [0.2, 0.25) is 0 Å². The number of nitrogens with one attached hydrogen (secondary N) is 3. The van der Waals surface area contributed by atoms with Crippen LogP contribution in [-0.4, -0.2) is 29.2 Å². The molecule has 1 aliphatic rings. The van der Waals surface area contributed by atoms with Crippen LogP contribution < -0.4 is 16.1 Å². The van der Waals surface area contributed by atoms with Crippen LogP contribution in [0.2, 0.25) is 10.0 Å². The van der Waals surface area contributed by atoms with Gasteiger partial charge in [0.1, 0.15) is 0 Å². The molecule has 1 fully saturated rings. The predicted octanol–water partition coefficient (Wildman–Crippen LogP) is 2.22. The molecule has 1 heterocycles. The van der Waals surface area contributed by atoms with E-state index in [0.29, 0.717) is 33.9 Å². The molecule has 5 nitrogen and oxygen atoms in total. The van der Waals surface area contributed by atoms with Gasteiger partial charge in [-0.3, -0.25) is 5.01 Å². The molecule has 8 heteroatoms. The van der Waals surface area contributed by atoms with Gasteiger partial charge in [0.05, 0.1) is 16.6 Å². The van der Waals surface area contributed by atoms with E-state index in [2.05, 4.69) is 16.1 Å². The average Bonchev–Trinajstić information content (AvgIpc) is 2.70. The van der Waals surface area contributed by atoms with Gasteiger partial charge >= 0.3 is 6.03 Å². The number of thiocarbonyl (C=S) groups is 1. The number of urea groups is 1. The number of carbonyl (C=O) groups excluding carboxylic acids is 1. The van der Waals surface area contributed by atoms with Gasteiger partial charge in [-0.15, -0.1) is 0 Å². The molecule has 1 aromatic rings. The first kappa shape index (κ1) is 13.2. The molecule has 1 aromatic carbocycles. The summed E-state index contributed by atoms with van der Waals surface area (Å²) in [5, 5.41) is 8.44. The van der Waals surface area contributed by atoms with E-state index in [1.165, 1.54) is 0 Å². The Balaban J connectivity index is 1.94. The zero-order chi connectivity index (χ0) is 13.1. The minimum absolute atomic E-state index is 0.382. The molecule has 18 heavy (non-hydrogen) atoms. The van der Waals surface area contributed by atoms with Crippen molar-refractivity contribution >= 4 is 52.3 Å². The number of benzene rings is 1. The molecule has 2 amide bonds. The fraction of sp³-hybridized carbons (Fsp3) is 0.200. The first-order valence-electron chi connectivity index (χ1n) is 5.14. The SMILES string of the molecule is O=C(Nc1ccc(Cl)c(Cl)c1)NN1CCNC1=S. The number of halogens is 2. The predicted molar refractivity (Wildman–Crippen MR) is 75.9 cm³/mol. The van der Waals surface area contributed by atoms with Crippen molar-refractivity contribution in [2.24, 2.45) is 0 Å². The summed E-state index contributed by atoms with van der Waals surface area (Å²) in [6.45, 7) is 1.35. The summed E-state index contributed by atoms with van der Waals surface area (Å²) in [6.07, 6.45) is 0. The van der Waals surface area contributed by atoms with Gasteiger partial charge in [0, 0.05) is 12.2 Å². The van der Waals surface area contributed by atoms with Gasteiger partial charge in [-0.25, -0.2) is 10.2 Å². The zero-order valence-corrected chi connectivity index (χ0v) is 11.5. The van der Waals surface area contributed by atoms with Crippen molar-refractivity contribution in [3.8, 4) is 0 Å². The lowest BCUT2D eigenvalue weighted by Gasteiger charge is -2.18. The normalized spacial score (nSPS) is 14.3. The molecule has 1 saturated heterocycles. The van der Waals surface area contributed by atoms with Crippen molar-refractivity contribution in [2.45, 2.75) is 0 Å². The molecule has 2 rings (SSSR count). The van der Waals surface area contributed by atoms with Crippen molar-refractivity contribution < 1.29 is 4.79 Å². The fourth-order valence-corrected chi connectivity index (χ4v) is 1.97. The number of carbonyl (C=O) groups is 1. The minimum atomic E-state index is -0.389. The van der Waals surface area contributed by atoms with Crippen LogP contribution in [0.3, 0.4) is 0 Å². The molecule has 96 valence electrons. The summed E-state index contributed by atoms with van der Waals surface area (Å²) in [7, 11) is 0. The number of hydrogen-bond donors (Lipinski definition) is 3. The monoisotopic (exact) mass is 304 g/mol. The average molecular weight is 305 g/mol. The molecule has 0 radical (unpaired) electrons. The quantitative estimate of drug-likeness (QED) is 0.733. The van der Waals surface area contributed by atoms with Crippen molar-refractivity contribution in [1.82, 2.24) is 15.8 Å². The van der Waals surface area contributed by atoms with Crippen molar-refractivity contribution in [3.63, 3.8) is 0 Å². The number of hydrazine groups is 1. The Labute approximate surface area is 119 Å². The van der Waals surface area contributed by atoms with E-state index in [9.17, 15) is 4.79 Å². The molecule has 0 unspecified atom stereocenters. The minimum Gasteiger partial charge on any atom is -0.359 e. The molecule has 3 N–H and O–H groups in total. The summed E-state index contributed by atoms with van der Waals surface area (Å²) < 4.78 is 0. The van der Waals surface area contributed by atoms with E-state index in [0.717, 1.165) is 0 Å². The summed E-state index contributed by atoms with van der Waals surface area (Å²) in [5.74, 6) is 0. The first-order valence-corrected chi connectivity index (χ1v) is 6.31. The Morgan fingerprint density at radius 2 is 2.17 bits per heavy atom. The standard InChI is InChI=1S/C10H10Cl2N4OS/c11-7-2-1-6(5-8(7)12)14-9(17)15-16-4-3-13-10(16)18/h1-2,5H,3-4H2,(H,13,18)(H2,14,15,17). The topological polar surface area (TPSA) is 56.4 Å². The van der Waals surface area contributed by atoms with Gasteiger partial charge in [0.15, 0.2) is 5.11 Å². The summed E-state index contributed by atoms with van der Waals surface area (Å²) in [4.78, 5) is 11.7. The van der Waals surface area contributed by atoms with Crippen LogP contribution in [0, 0.1) is 0 Å². The second-order valence-electron chi connectivity index (χ2n) is 3.58. The Morgan fingerprint density at radius 1 is 1.39 bits per heavy atom. The van der Waals surface area contributed by atoms with Crippen LogP contribution in [0.25, 0.3) is 0 Å². The Bertz CT molecular complexity index is 497. The highest BCUT2D eigenvalue weighted by molar-refractivity contribution is 7.80. The highest BCUT2D eigenvalue weighted by Gasteiger charge is 2.17. The van der Waals surface area contributed by atoms with E-state index in [1.54, 1.807) is 23.2 Å². The Morgan fingerprint density at radius 3 is 2.78 bits per heavy atom. The van der Waals surface area contributed by atoms with E-state index in [4.69, 9.17) is 35.4 Å². The zero-order valence-electron chi connectivity index (χ0n) is 9.17.